The maximum atomic E-state index is 12.4. The Bertz CT molecular complexity index is 866. The van der Waals surface area contributed by atoms with Gasteiger partial charge in [0.15, 0.2) is 0 Å². The highest BCUT2D eigenvalue weighted by Gasteiger charge is 2.40. The van der Waals surface area contributed by atoms with Crippen LogP contribution < -0.4 is 10.1 Å². The lowest BCUT2D eigenvalue weighted by Crippen LogP contribution is -2.34. The fourth-order valence-electron chi connectivity index (χ4n) is 4.73. The van der Waals surface area contributed by atoms with E-state index in [1.165, 1.54) is 19.3 Å². The molecule has 34 heavy (non-hydrogen) atoms. The summed E-state index contributed by atoms with van der Waals surface area (Å²) in [5.74, 6) is 5.56. The van der Waals surface area contributed by atoms with Crippen LogP contribution >= 0.6 is 0 Å². The van der Waals surface area contributed by atoms with Crippen LogP contribution in [0.5, 0.6) is 5.75 Å². The molecule has 1 amide bonds. The molecule has 6 nitrogen and oxygen atoms in total. The summed E-state index contributed by atoms with van der Waals surface area (Å²) in [7, 11) is 0. The number of hydrogen-bond acceptors (Lipinski definition) is 5. The molecule has 0 heterocycles. The van der Waals surface area contributed by atoms with Crippen molar-refractivity contribution in [2.24, 2.45) is 11.8 Å². The van der Waals surface area contributed by atoms with Crippen LogP contribution in [0.4, 0.5) is 0 Å². The molecule has 3 N–H and O–H groups in total. The van der Waals surface area contributed by atoms with Gasteiger partial charge in [0.05, 0.1) is 12.0 Å². The zero-order valence-electron chi connectivity index (χ0n) is 19.8. The van der Waals surface area contributed by atoms with Gasteiger partial charge in [-0.15, -0.1) is 0 Å². The average Bonchev–Trinajstić information content (AvgIpc) is 3.11. The number of unbranched alkanes of at least 4 members (excludes halogenated alkanes) is 2. The number of carbonyl (C=O) groups excluding carboxylic acids is 2. The minimum Gasteiger partial charge on any atom is -0.490 e. The zero-order chi connectivity index (χ0) is 24.2. The third-order valence-corrected chi connectivity index (χ3v) is 6.60. The molecule has 0 unspecified atom stereocenters. The molecule has 1 aromatic rings. The highest BCUT2D eigenvalue weighted by atomic mass is 16.5. The van der Waals surface area contributed by atoms with Crippen molar-refractivity contribution in [2.45, 2.75) is 82.5 Å². The van der Waals surface area contributed by atoms with Crippen molar-refractivity contribution in [2.75, 3.05) is 6.61 Å². The van der Waals surface area contributed by atoms with Crippen LogP contribution in [-0.4, -0.2) is 46.8 Å². The lowest BCUT2D eigenvalue weighted by molar-refractivity contribution is -0.121. The number of Topliss-reactive ketones (excluding diaryl/α,β-unsaturated/α-hetero) is 1. The lowest BCUT2D eigenvalue weighted by Gasteiger charge is -2.21. The monoisotopic (exact) mass is 467 g/mol. The van der Waals surface area contributed by atoms with E-state index in [4.69, 9.17) is 4.74 Å². The van der Waals surface area contributed by atoms with Crippen molar-refractivity contribution < 1.29 is 24.5 Å². The van der Waals surface area contributed by atoms with Crippen molar-refractivity contribution in [3.63, 3.8) is 0 Å². The molecule has 0 aromatic heterocycles. The van der Waals surface area contributed by atoms with E-state index >= 15 is 0 Å². The number of benzene rings is 1. The Hall–Kier alpha value is -2.62. The van der Waals surface area contributed by atoms with E-state index in [0.29, 0.717) is 18.2 Å². The first-order chi connectivity index (χ1) is 16.5. The van der Waals surface area contributed by atoms with E-state index in [1.807, 2.05) is 24.3 Å². The SMILES string of the molecule is O=C(/C=C/CCCC[C@H]1C(=O)C[C@@H](O)[C@@H]1C#C[C@@H](O)COc1ccccc1)NC1CCCCC1. The molecule has 184 valence electrons. The number of nitrogens with one attached hydrogen (secondary N) is 1. The second-order valence-electron chi connectivity index (χ2n) is 9.33. The molecular weight excluding hydrogens is 430 g/mol. The number of amides is 1. The lowest BCUT2D eigenvalue weighted by atomic mass is 9.89. The molecule has 0 aliphatic heterocycles. The summed E-state index contributed by atoms with van der Waals surface area (Å²) < 4.78 is 5.50. The molecule has 4 atom stereocenters. The third-order valence-electron chi connectivity index (χ3n) is 6.60. The molecule has 0 radical (unpaired) electrons. The van der Waals surface area contributed by atoms with Gasteiger partial charge in [0.1, 0.15) is 24.2 Å². The Labute approximate surface area is 202 Å². The summed E-state index contributed by atoms with van der Waals surface area (Å²) in [5.41, 5.74) is 0. The predicted molar refractivity (Wildman–Crippen MR) is 131 cm³/mol. The second-order valence-corrected chi connectivity index (χ2v) is 9.33. The number of hydrogen-bond donors (Lipinski definition) is 3. The number of ether oxygens (including phenoxy) is 1. The Balaban J connectivity index is 1.37. The molecule has 6 heteroatoms. The number of allylic oxidation sites excluding steroid dienone is 1. The van der Waals surface area contributed by atoms with Crippen molar-refractivity contribution in [3.05, 3.63) is 42.5 Å². The van der Waals surface area contributed by atoms with Gasteiger partial charge in [-0.05, 0) is 50.3 Å². The molecule has 2 fully saturated rings. The highest BCUT2D eigenvalue weighted by molar-refractivity contribution is 5.87. The van der Waals surface area contributed by atoms with Crippen molar-refractivity contribution in [1.82, 2.24) is 5.32 Å². The first-order valence-electron chi connectivity index (χ1n) is 12.6. The van der Waals surface area contributed by atoms with Crippen molar-refractivity contribution in [1.29, 1.82) is 0 Å². The largest absolute Gasteiger partial charge is 0.490 e. The van der Waals surface area contributed by atoms with Gasteiger partial charge in [0.25, 0.3) is 0 Å². The molecule has 2 aliphatic rings. The maximum absolute atomic E-state index is 12.4. The zero-order valence-corrected chi connectivity index (χ0v) is 19.8. The first-order valence-corrected chi connectivity index (χ1v) is 12.6. The summed E-state index contributed by atoms with van der Waals surface area (Å²) in [6, 6.07) is 9.49. The quantitative estimate of drug-likeness (QED) is 0.278. The number of para-hydroxylation sites is 1. The van der Waals surface area contributed by atoms with E-state index in [1.54, 1.807) is 18.2 Å². The highest BCUT2D eigenvalue weighted by Crippen LogP contribution is 2.32. The van der Waals surface area contributed by atoms with Gasteiger partial charge < -0.3 is 20.3 Å². The number of carbonyl (C=O) groups is 2. The summed E-state index contributed by atoms with van der Waals surface area (Å²) in [4.78, 5) is 24.4. The van der Waals surface area contributed by atoms with E-state index in [9.17, 15) is 19.8 Å². The maximum Gasteiger partial charge on any atom is 0.243 e. The van der Waals surface area contributed by atoms with Crippen LogP contribution in [0.2, 0.25) is 0 Å². The molecule has 2 aliphatic carbocycles. The van der Waals surface area contributed by atoms with Gasteiger partial charge in [-0.3, -0.25) is 9.59 Å². The minimum atomic E-state index is -0.992. The van der Waals surface area contributed by atoms with Crippen LogP contribution in [0.1, 0.15) is 64.2 Å². The standard InChI is InChI=1S/C28H37NO5/c30-22(20-34-23-13-7-4-8-14-23)17-18-25-24(26(31)19-27(25)32)15-9-1-2-10-16-28(33)29-21-11-5-3-6-12-21/h4,7-8,10,13-14,16,21-22,24-25,27,30,32H,1-3,5-6,9,11-12,15,19-20H2,(H,29,33)/b16-10+/t22-,24-,25-,27-/m1/s1. The van der Waals surface area contributed by atoms with Crippen LogP contribution in [0.25, 0.3) is 0 Å². The summed E-state index contributed by atoms with van der Waals surface area (Å²) >= 11 is 0. The predicted octanol–water partition coefficient (Wildman–Crippen LogP) is 3.56. The second kappa shape index (κ2) is 13.9. The van der Waals surface area contributed by atoms with Crippen molar-refractivity contribution in [3.8, 4) is 17.6 Å². The van der Waals surface area contributed by atoms with Crippen LogP contribution in [0.15, 0.2) is 42.5 Å². The van der Waals surface area contributed by atoms with Crippen LogP contribution in [0.3, 0.4) is 0 Å². The molecule has 0 spiro atoms. The smallest absolute Gasteiger partial charge is 0.243 e. The number of rotatable bonds is 10. The van der Waals surface area contributed by atoms with Gasteiger partial charge in [-0.2, -0.15) is 0 Å². The Morgan fingerprint density at radius 1 is 1.18 bits per heavy atom. The van der Waals surface area contributed by atoms with Gasteiger partial charge in [-0.25, -0.2) is 0 Å². The fourth-order valence-corrected chi connectivity index (χ4v) is 4.73. The van der Waals surface area contributed by atoms with Gasteiger partial charge >= 0.3 is 0 Å². The molecule has 2 saturated carbocycles. The number of aliphatic hydroxyl groups excluding tert-OH is 2. The summed E-state index contributed by atoms with van der Waals surface area (Å²) in [6.45, 7) is 0.0269. The summed E-state index contributed by atoms with van der Waals surface area (Å²) in [6.07, 6.45) is 10.7. The van der Waals surface area contributed by atoms with Crippen molar-refractivity contribution >= 4 is 11.7 Å². The molecule has 0 bridgehead atoms. The van der Waals surface area contributed by atoms with Gasteiger partial charge in [0.2, 0.25) is 5.91 Å². The topological polar surface area (TPSA) is 95.9 Å². The third kappa shape index (κ3) is 8.62. The number of aliphatic hydroxyl groups is 2. The molecule has 3 rings (SSSR count). The van der Waals surface area contributed by atoms with Crippen LogP contribution in [0, 0.1) is 23.7 Å². The average molecular weight is 468 g/mol. The Kier molecular flexibility index (Phi) is 10.7. The van der Waals surface area contributed by atoms with E-state index in [0.717, 1.165) is 32.1 Å². The normalized spacial score (nSPS) is 23.9. The Morgan fingerprint density at radius 3 is 2.71 bits per heavy atom. The fraction of sp³-hybridized carbons (Fsp3) is 0.571. The molecule has 0 saturated heterocycles. The number of ketones is 1. The van der Waals surface area contributed by atoms with E-state index in [-0.39, 0.29) is 30.6 Å². The Morgan fingerprint density at radius 2 is 1.94 bits per heavy atom. The van der Waals surface area contributed by atoms with Crippen LogP contribution in [-0.2, 0) is 9.59 Å². The van der Waals surface area contributed by atoms with E-state index in [2.05, 4.69) is 17.2 Å². The summed E-state index contributed by atoms with van der Waals surface area (Å²) in [5, 5.41) is 23.5. The minimum absolute atomic E-state index is 0.0221. The first kappa shape index (κ1) is 26.0. The molecule has 1 aromatic carbocycles. The van der Waals surface area contributed by atoms with Gasteiger partial charge in [0, 0.05) is 18.4 Å². The van der Waals surface area contributed by atoms with Gasteiger partial charge in [-0.1, -0.05) is 61.8 Å². The molecular formula is C28H37NO5. The van der Waals surface area contributed by atoms with E-state index < -0.39 is 18.1 Å².